The van der Waals surface area contributed by atoms with Gasteiger partial charge in [0.25, 0.3) is 0 Å². The van der Waals surface area contributed by atoms with Crippen molar-refractivity contribution in [1.82, 2.24) is 9.97 Å². The molecule has 1 aliphatic rings. The fourth-order valence-corrected chi connectivity index (χ4v) is 0.862. The molecule has 64 valence electrons. The lowest BCUT2D eigenvalue weighted by molar-refractivity contribution is -0.0799. The summed E-state index contributed by atoms with van der Waals surface area (Å²) in [6, 6.07) is 0. The van der Waals surface area contributed by atoms with Gasteiger partial charge in [0.1, 0.15) is 6.10 Å². The van der Waals surface area contributed by atoms with Gasteiger partial charge in [0.05, 0.1) is 25.6 Å². The molecule has 2 rings (SSSR count). The maximum absolute atomic E-state index is 5.40. The van der Waals surface area contributed by atoms with E-state index >= 15 is 0 Å². The van der Waals surface area contributed by atoms with E-state index in [2.05, 4.69) is 9.97 Å². The molecule has 0 spiro atoms. The average molecular weight is 167 g/mol. The minimum absolute atomic E-state index is 0.150. The van der Waals surface area contributed by atoms with E-state index in [4.69, 9.17) is 15.2 Å². The second kappa shape index (κ2) is 2.94. The van der Waals surface area contributed by atoms with Crippen molar-refractivity contribution in [3.8, 4) is 5.75 Å². The van der Waals surface area contributed by atoms with Gasteiger partial charge in [-0.2, -0.15) is 0 Å². The third kappa shape index (κ3) is 1.45. The highest BCUT2D eigenvalue weighted by Crippen LogP contribution is 2.13. The van der Waals surface area contributed by atoms with Crippen molar-refractivity contribution >= 4 is 5.95 Å². The van der Waals surface area contributed by atoms with E-state index in [1.807, 2.05) is 0 Å². The van der Waals surface area contributed by atoms with Crippen molar-refractivity contribution in [1.29, 1.82) is 0 Å². The van der Waals surface area contributed by atoms with E-state index in [1.54, 1.807) is 12.4 Å². The summed E-state index contributed by atoms with van der Waals surface area (Å²) in [7, 11) is 0. The van der Waals surface area contributed by atoms with Crippen molar-refractivity contribution in [2.24, 2.45) is 0 Å². The van der Waals surface area contributed by atoms with Crippen molar-refractivity contribution in [2.45, 2.75) is 6.10 Å². The number of nitrogens with two attached hydrogens (primary N) is 1. The van der Waals surface area contributed by atoms with Crippen LogP contribution in [0.2, 0.25) is 0 Å². The van der Waals surface area contributed by atoms with Gasteiger partial charge in [-0.3, -0.25) is 0 Å². The zero-order chi connectivity index (χ0) is 8.39. The number of ether oxygens (including phenoxy) is 2. The zero-order valence-electron chi connectivity index (χ0n) is 6.43. The molecule has 1 aromatic rings. The maximum Gasteiger partial charge on any atom is 0.220 e. The summed E-state index contributed by atoms with van der Waals surface area (Å²) in [6.45, 7) is 1.29. The van der Waals surface area contributed by atoms with Crippen molar-refractivity contribution in [2.75, 3.05) is 18.9 Å². The minimum Gasteiger partial charge on any atom is -0.482 e. The molecular weight excluding hydrogens is 158 g/mol. The molecule has 0 aromatic carbocycles. The van der Waals surface area contributed by atoms with Gasteiger partial charge in [0.15, 0.2) is 5.75 Å². The highest BCUT2D eigenvalue weighted by atomic mass is 16.6. The third-order valence-corrected chi connectivity index (χ3v) is 1.56. The van der Waals surface area contributed by atoms with Gasteiger partial charge in [-0.1, -0.05) is 0 Å². The van der Waals surface area contributed by atoms with Gasteiger partial charge in [0, 0.05) is 0 Å². The lowest BCUT2D eigenvalue weighted by Gasteiger charge is -2.26. The van der Waals surface area contributed by atoms with Crippen LogP contribution in [0.25, 0.3) is 0 Å². The molecule has 2 heterocycles. The molecule has 0 radical (unpaired) electrons. The Balaban J connectivity index is 1.98. The maximum atomic E-state index is 5.40. The number of rotatable bonds is 2. The molecule has 0 amide bonds. The summed E-state index contributed by atoms with van der Waals surface area (Å²) in [5, 5.41) is 0. The van der Waals surface area contributed by atoms with Crippen molar-refractivity contribution in [3.05, 3.63) is 12.4 Å². The SMILES string of the molecule is Nc1ncc(OC2COC2)cn1. The Hall–Kier alpha value is -1.36. The third-order valence-electron chi connectivity index (χ3n) is 1.56. The van der Waals surface area contributed by atoms with Crippen LogP contribution in [0, 0.1) is 0 Å². The van der Waals surface area contributed by atoms with E-state index < -0.39 is 0 Å². The van der Waals surface area contributed by atoms with Gasteiger partial charge in [-0.05, 0) is 0 Å². The first kappa shape index (κ1) is 7.30. The van der Waals surface area contributed by atoms with Crippen LogP contribution in [0.15, 0.2) is 12.4 Å². The average Bonchev–Trinajstić information content (AvgIpc) is 2.00. The first-order valence-corrected chi connectivity index (χ1v) is 3.66. The Morgan fingerprint density at radius 2 is 2.08 bits per heavy atom. The summed E-state index contributed by atoms with van der Waals surface area (Å²) in [5.41, 5.74) is 5.30. The second-order valence-corrected chi connectivity index (χ2v) is 2.55. The van der Waals surface area contributed by atoms with Gasteiger partial charge >= 0.3 is 0 Å². The number of anilines is 1. The molecule has 12 heavy (non-hydrogen) atoms. The van der Waals surface area contributed by atoms with E-state index in [0.717, 1.165) is 0 Å². The van der Waals surface area contributed by atoms with Gasteiger partial charge in [-0.25, -0.2) is 9.97 Å². The fraction of sp³-hybridized carbons (Fsp3) is 0.429. The molecular formula is C7H9N3O2. The minimum atomic E-state index is 0.150. The Morgan fingerprint density at radius 1 is 1.42 bits per heavy atom. The lowest BCUT2D eigenvalue weighted by Crippen LogP contribution is -2.38. The smallest absolute Gasteiger partial charge is 0.220 e. The summed E-state index contributed by atoms with van der Waals surface area (Å²) < 4.78 is 10.3. The van der Waals surface area contributed by atoms with Crippen molar-refractivity contribution in [3.63, 3.8) is 0 Å². The lowest BCUT2D eigenvalue weighted by atomic mass is 10.3. The van der Waals surface area contributed by atoms with Crippen LogP contribution in [-0.4, -0.2) is 29.3 Å². The molecule has 1 aromatic heterocycles. The molecule has 0 aliphatic carbocycles. The Kier molecular flexibility index (Phi) is 1.79. The fourth-order valence-electron chi connectivity index (χ4n) is 0.862. The van der Waals surface area contributed by atoms with E-state index in [0.29, 0.717) is 19.0 Å². The van der Waals surface area contributed by atoms with Crippen LogP contribution in [-0.2, 0) is 4.74 Å². The predicted octanol–water partition coefficient (Wildman–Crippen LogP) is -0.164. The molecule has 1 saturated heterocycles. The van der Waals surface area contributed by atoms with Crippen LogP contribution in [0.1, 0.15) is 0 Å². The largest absolute Gasteiger partial charge is 0.482 e. The first-order chi connectivity index (χ1) is 5.84. The van der Waals surface area contributed by atoms with Gasteiger partial charge in [0.2, 0.25) is 5.95 Å². The second-order valence-electron chi connectivity index (χ2n) is 2.55. The molecule has 0 saturated carbocycles. The number of aromatic nitrogens is 2. The highest BCUT2D eigenvalue weighted by molar-refractivity contribution is 5.21. The highest BCUT2D eigenvalue weighted by Gasteiger charge is 2.19. The number of nitrogen functional groups attached to an aromatic ring is 1. The summed E-state index contributed by atoms with van der Waals surface area (Å²) in [5.74, 6) is 0.893. The first-order valence-electron chi connectivity index (χ1n) is 3.66. The summed E-state index contributed by atoms with van der Waals surface area (Å²) in [6.07, 6.45) is 3.26. The Labute approximate surface area is 69.5 Å². The van der Waals surface area contributed by atoms with Crippen LogP contribution in [0.4, 0.5) is 5.95 Å². The monoisotopic (exact) mass is 167 g/mol. The van der Waals surface area contributed by atoms with Gasteiger partial charge < -0.3 is 15.2 Å². The Morgan fingerprint density at radius 3 is 2.58 bits per heavy atom. The molecule has 1 fully saturated rings. The molecule has 0 bridgehead atoms. The van der Waals surface area contributed by atoms with Crippen LogP contribution >= 0.6 is 0 Å². The topological polar surface area (TPSA) is 70.3 Å². The van der Waals surface area contributed by atoms with Crippen LogP contribution < -0.4 is 10.5 Å². The standard InChI is InChI=1S/C7H9N3O2/c8-7-9-1-5(2-10-7)12-6-3-11-4-6/h1-2,6H,3-4H2,(H2,8,9,10). The molecule has 1 aliphatic heterocycles. The van der Waals surface area contributed by atoms with E-state index in [9.17, 15) is 0 Å². The summed E-state index contributed by atoms with van der Waals surface area (Å²) >= 11 is 0. The van der Waals surface area contributed by atoms with E-state index in [1.165, 1.54) is 0 Å². The zero-order valence-corrected chi connectivity index (χ0v) is 6.43. The molecule has 5 heteroatoms. The van der Waals surface area contributed by atoms with Crippen LogP contribution in [0.3, 0.4) is 0 Å². The predicted molar refractivity (Wildman–Crippen MR) is 41.7 cm³/mol. The Bertz CT molecular complexity index is 258. The van der Waals surface area contributed by atoms with E-state index in [-0.39, 0.29) is 12.1 Å². The molecule has 0 unspecified atom stereocenters. The van der Waals surface area contributed by atoms with Crippen molar-refractivity contribution < 1.29 is 9.47 Å². The number of hydrogen-bond acceptors (Lipinski definition) is 5. The molecule has 5 nitrogen and oxygen atoms in total. The quantitative estimate of drug-likeness (QED) is 0.662. The molecule has 2 N–H and O–H groups in total. The van der Waals surface area contributed by atoms with Gasteiger partial charge in [-0.15, -0.1) is 0 Å². The number of hydrogen-bond donors (Lipinski definition) is 1. The summed E-state index contributed by atoms with van der Waals surface area (Å²) in [4.78, 5) is 7.58. The normalized spacial score (nSPS) is 17.0. The van der Waals surface area contributed by atoms with Crippen LogP contribution in [0.5, 0.6) is 5.75 Å². The number of nitrogens with zero attached hydrogens (tertiary/aromatic N) is 2. The molecule has 0 atom stereocenters.